The van der Waals surface area contributed by atoms with Crippen molar-refractivity contribution in [1.29, 1.82) is 5.26 Å². The standard InChI is InChI=1S/C23H23N3OS/c1-2-17-8-10-19(11-9-17)20-12-22(27)26-15-25(14-18-6-4-3-5-7-18)16-28-23(26)21(20)13-24/h3-11,20H,2,12,14-16H2,1H3/t20-/m1/s1. The molecule has 0 spiro atoms. The number of thioether (sulfide) groups is 1. The quantitative estimate of drug-likeness (QED) is 0.774. The van der Waals surface area contributed by atoms with Crippen LogP contribution in [0.15, 0.2) is 65.2 Å². The Morgan fingerprint density at radius 3 is 2.54 bits per heavy atom. The summed E-state index contributed by atoms with van der Waals surface area (Å²) in [6, 6.07) is 21.0. The normalized spacial score (nSPS) is 20.1. The number of benzene rings is 2. The third kappa shape index (κ3) is 3.71. The number of aryl methyl sites for hydroxylation is 1. The van der Waals surface area contributed by atoms with Crippen molar-refractivity contribution in [2.45, 2.75) is 32.2 Å². The summed E-state index contributed by atoms with van der Waals surface area (Å²) in [4.78, 5) is 17.0. The van der Waals surface area contributed by atoms with Crippen LogP contribution in [0, 0.1) is 11.3 Å². The summed E-state index contributed by atoms with van der Waals surface area (Å²) < 4.78 is 0. The van der Waals surface area contributed by atoms with Gasteiger partial charge in [-0.25, -0.2) is 0 Å². The zero-order chi connectivity index (χ0) is 19.5. The molecule has 1 saturated heterocycles. The van der Waals surface area contributed by atoms with Gasteiger partial charge in [0.2, 0.25) is 5.91 Å². The van der Waals surface area contributed by atoms with Gasteiger partial charge >= 0.3 is 0 Å². The number of carbonyl (C=O) groups excluding carboxylic acids is 1. The number of amides is 1. The smallest absolute Gasteiger partial charge is 0.229 e. The van der Waals surface area contributed by atoms with Crippen molar-refractivity contribution in [3.63, 3.8) is 0 Å². The molecule has 0 bridgehead atoms. The topological polar surface area (TPSA) is 47.3 Å². The van der Waals surface area contributed by atoms with E-state index in [2.05, 4.69) is 54.3 Å². The molecule has 2 aromatic rings. The molecule has 0 saturated carbocycles. The Hall–Kier alpha value is -2.55. The number of allylic oxidation sites excluding steroid dienone is 1. The second-order valence-electron chi connectivity index (χ2n) is 7.23. The average molecular weight is 390 g/mol. The molecule has 5 heteroatoms. The van der Waals surface area contributed by atoms with Crippen molar-refractivity contribution in [3.05, 3.63) is 81.9 Å². The van der Waals surface area contributed by atoms with Crippen molar-refractivity contribution >= 4 is 17.7 Å². The van der Waals surface area contributed by atoms with E-state index in [9.17, 15) is 10.1 Å². The van der Waals surface area contributed by atoms with Crippen LogP contribution in [-0.2, 0) is 17.8 Å². The lowest BCUT2D eigenvalue weighted by atomic mass is 9.86. The fraction of sp³-hybridized carbons (Fsp3) is 0.304. The molecule has 0 aromatic heterocycles. The molecule has 1 amide bonds. The van der Waals surface area contributed by atoms with Crippen LogP contribution in [0.3, 0.4) is 0 Å². The van der Waals surface area contributed by atoms with Crippen molar-refractivity contribution in [3.8, 4) is 6.07 Å². The van der Waals surface area contributed by atoms with E-state index in [4.69, 9.17) is 0 Å². The van der Waals surface area contributed by atoms with Gasteiger partial charge in [-0.05, 0) is 23.1 Å². The number of rotatable bonds is 4. The summed E-state index contributed by atoms with van der Waals surface area (Å²) in [5, 5.41) is 10.7. The van der Waals surface area contributed by atoms with Crippen LogP contribution in [0.5, 0.6) is 0 Å². The first-order chi connectivity index (χ1) is 13.7. The van der Waals surface area contributed by atoms with E-state index in [0.717, 1.165) is 35.0 Å². The SMILES string of the molecule is CCc1ccc([C@H]2CC(=O)N3CN(Cc4ccccc4)CSC3=C2C#N)cc1. The highest BCUT2D eigenvalue weighted by Crippen LogP contribution is 2.42. The molecular weight excluding hydrogens is 366 g/mol. The highest BCUT2D eigenvalue weighted by molar-refractivity contribution is 8.03. The summed E-state index contributed by atoms with van der Waals surface area (Å²) >= 11 is 1.61. The third-order valence-corrected chi connectivity index (χ3v) is 6.60. The minimum atomic E-state index is -0.136. The van der Waals surface area contributed by atoms with Crippen LogP contribution in [-0.4, -0.2) is 28.3 Å². The maximum atomic E-state index is 12.9. The van der Waals surface area contributed by atoms with Crippen LogP contribution in [0.1, 0.15) is 36.0 Å². The number of fused-ring (bicyclic) bond motifs is 1. The lowest BCUT2D eigenvalue weighted by molar-refractivity contribution is -0.131. The third-order valence-electron chi connectivity index (χ3n) is 5.39. The van der Waals surface area contributed by atoms with Crippen LogP contribution < -0.4 is 0 Å². The minimum absolute atomic E-state index is 0.101. The zero-order valence-corrected chi connectivity index (χ0v) is 16.8. The second-order valence-corrected chi connectivity index (χ2v) is 8.17. The molecule has 2 heterocycles. The van der Waals surface area contributed by atoms with Gasteiger partial charge in [0, 0.05) is 18.9 Å². The van der Waals surface area contributed by atoms with Crippen LogP contribution >= 0.6 is 11.8 Å². The number of hydrogen-bond acceptors (Lipinski definition) is 4. The number of carbonyl (C=O) groups is 1. The Morgan fingerprint density at radius 2 is 1.86 bits per heavy atom. The largest absolute Gasteiger partial charge is 0.292 e. The van der Waals surface area contributed by atoms with E-state index in [-0.39, 0.29) is 11.8 Å². The fourth-order valence-electron chi connectivity index (χ4n) is 3.82. The maximum absolute atomic E-state index is 12.9. The average Bonchev–Trinajstić information content (AvgIpc) is 2.75. The molecule has 2 aliphatic rings. The molecule has 4 rings (SSSR count). The van der Waals surface area contributed by atoms with Crippen LogP contribution in [0.25, 0.3) is 0 Å². The fourth-order valence-corrected chi connectivity index (χ4v) is 4.96. The predicted molar refractivity (Wildman–Crippen MR) is 112 cm³/mol. The van der Waals surface area contributed by atoms with E-state index in [1.54, 1.807) is 16.7 Å². The first-order valence-corrected chi connectivity index (χ1v) is 10.6. The summed E-state index contributed by atoms with van der Waals surface area (Å²) in [6.07, 6.45) is 1.34. The van der Waals surface area contributed by atoms with E-state index >= 15 is 0 Å². The van der Waals surface area contributed by atoms with Crippen molar-refractivity contribution < 1.29 is 4.79 Å². The molecule has 4 nitrogen and oxygen atoms in total. The van der Waals surface area contributed by atoms with Crippen LogP contribution in [0.2, 0.25) is 0 Å². The van der Waals surface area contributed by atoms with E-state index in [0.29, 0.717) is 13.1 Å². The Balaban J connectivity index is 1.58. The van der Waals surface area contributed by atoms with Gasteiger partial charge in [0.1, 0.15) is 0 Å². The monoisotopic (exact) mass is 389 g/mol. The Kier molecular flexibility index (Phi) is 5.52. The zero-order valence-electron chi connectivity index (χ0n) is 16.0. The van der Waals surface area contributed by atoms with Gasteiger partial charge in [-0.2, -0.15) is 5.26 Å². The molecule has 0 unspecified atom stereocenters. The molecule has 142 valence electrons. The summed E-state index contributed by atoms with van der Waals surface area (Å²) in [7, 11) is 0. The molecule has 0 aliphatic carbocycles. The molecular formula is C23H23N3OS. The van der Waals surface area contributed by atoms with Gasteiger partial charge in [0.05, 0.1) is 29.2 Å². The van der Waals surface area contributed by atoms with Gasteiger partial charge in [-0.15, -0.1) is 0 Å². The Bertz CT molecular complexity index is 931. The van der Waals surface area contributed by atoms with Crippen molar-refractivity contribution in [2.24, 2.45) is 0 Å². The number of nitrogens with zero attached hydrogens (tertiary/aromatic N) is 3. The number of nitriles is 1. The van der Waals surface area contributed by atoms with E-state index in [1.807, 2.05) is 18.2 Å². The van der Waals surface area contributed by atoms with Gasteiger partial charge in [0.15, 0.2) is 0 Å². The molecule has 1 atom stereocenters. The molecule has 0 radical (unpaired) electrons. The number of hydrogen-bond donors (Lipinski definition) is 0. The lowest BCUT2D eigenvalue weighted by Crippen LogP contribution is -2.46. The van der Waals surface area contributed by atoms with Crippen molar-refractivity contribution in [2.75, 3.05) is 12.5 Å². The van der Waals surface area contributed by atoms with Gasteiger partial charge in [-0.1, -0.05) is 73.3 Å². The van der Waals surface area contributed by atoms with Gasteiger partial charge in [-0.3, -0.25) is 14.6 Å². The molecule has 0 N–H and O–H groups in total. The van der Waals surface area contributed by atoms with Gasteiger partial charge in [0.25, 0.3) is 0 Å². The summed E-state index contributed by atoms with van der Waals surface area (Å²) in [6.45, 7) is 3.47. The van der Waals surface area contributed by atoms with Gasteiger partial charge < -0.3 is 0 Å². The second kappa shape index (κ2) is 8.22. The summed E-state index contributed by atoms with van der Waals surface area (Å²) in [5.74, 6) is 0.743. The summed E-state index contributed by atoms with van der Waals surface area (Å²) in [5.41, 5.74) is 4.28. The Morgan fingerprint density at radius 1 is 1.11 bits per heavy atom. The Labute approximate surface area is 170 Å². The highest BCUT2D eigenvalue weighted by atomic mass is 32.2. The molecule has 1 fully saturated rings. The molecule has 2 aliphatic heterocycles. The molecule has 28 heavy (non-hydrogen) atoms. The first kappa shape index (κ1) is 18.8. The van der Waals surface area contributed by atoms with Crippen molar-refractivity contribution in [1.82, 2.24) is 9.80 Å². The lowest BCUT2D eigenvalue weighted by Gasteiger charge is -2.41. The minimum Gasteiger partial charge on any atom is -0.292 e. The maximum Gasteiger partial charge on any atom is 0.229 e. The van der Waals surface area contributed by atoms with Crippen LogP contribution in [0.4, 0.5) is 0 Å². The first-order valence-electron chi connectivity index (χ1n) is 9.62. The van der Waals surface area contributed by atoms with E-state index in [1.165, 1.54) is 11.1 Å². The predicted octanol–water partition coefficient (Wildman–Crippen LogP) is 4.46. The highest BCUT2D eigenvalue weighted by Gasteiger charge is 2.38. The molecule has 2 aromatic carbocycles. The van der Waals surface area contributed by atoms with E-state index < -0.39 is 0 Å².